The summed E-state index contributed by atoms with van der Waals surface area (Å²) in [5.41, 5.74) is 7.63. The molecule has 5 nitrogen and oxygen atoms in total. The molecule has 0 aliphatic heterocycles. The fourth-order valence-electron chi connectivity index (χ4n) is 2.96. The summed E-state index contributed by atoms with van der Waals surface area (Å²) in [5, 5.41) is 2.89. The minimum Gasteiger partial charge on any atom is -0.352 e. The summed E-state index contributed by atoms with van der Waals surface area (Å²) in [7, 11) is -3.05. The van der Waals surface area contributed by atoms with E-state index in [1.165, 1.54) is 6.26 Å². The summed E-state index contributed by atoms with van der Waals surface area (Å²) >= 11 is 0. The summed E-state index contributed by atoms with van der Waals surface area (Å²) in [5.74, 6) is 0.318. The highest BCUT2D eigenvalue weighted by atomic mass is 35.5. The first-order chi connectivity index (χ1) is 10.3. The Morgan fingerprint density at radius 2 is 2.00 bits per heavy atom. The van der Waals surface area contributed by atoms with Crippen molar-refractivity contribution in [1.82, 2.24) is 5.32 Å². The van der Waals surface area contributed by atoms with Crippen molar-refractivity contribution in [2.45, 2.75) is 44.0 Å². The van der Waals surface area contributed by atoms with Crippen molar-refractivity contribution in [3.05, 3.63) is 35.4 Å². The largest absolute Gasteiger partial charge is 0.352 e. The van der Waals surface area contributed by atoms with Crippen LogP contribution >= 0.6 is 12.4 Å². The Morgan fingerprint density at radius 1 is 1.30 bits per heavy atom. The molecule has 0 spiro atoms. The van der Waals surface area contributed by atoms with E-state index in [-0.39, 0.29) is 36.0 Å². The summed E-state index contributed by atoms with van der Waals surface area (Å²) in [6.07, 6.45) is 4.83. The molecule has 0 aromatic heterocycles. The minimum absolute atomic E-state index is 0. The fraction of sp³-hybridized carbons (Fsp3) is 0.562. The maximum absolute atomic E-state index is 12.0. The van der Waals surface area contributed by atoms with Gasteiger partial charge in [-0.1, -0.05) is 30.7 Å². The predicted molar refractivity (Wildman–Crippen MR) is 94.0 cm³/mol. The molecule has 1 aliphatic carbocycles. The van der Waals surface area contributed by atoms with Crippen molar-refractivity contribution in [2.75, 3.05) is 6.26 Å². The lowest BCUT2D eigenvalue weighted by Gasteiger charge is -2.15. The molecule has 1 aliphatic rings. The molecule has 0 unspecified atom stereocenters. The molecule has 23 heavy (non-hydrogen) atoms. The van der Waals surface area contributed by atoms with Crippen molar-refractivity contribution < 1.29 is 13.2 Å². The smallest absolute Gasteiger partial charge is 0.220 e. The van der Waals surface area contributed by atoms with Gasteiger partial charge >= 0.3 is 0 Å². The van der Waals surface area contributed by atoms with Gasteiger partial charge in [0.1, 0.15) is 0 Å². The van der Waals surface area contributed by atoms with Gasteiger partial charge in [-0.25, -0.2) is 8.42 Å². The lowest BCUT2D eigenvalue weighted by molar-refractivity contribution is -0.122. The standard InChI is InChI=1S/C16H24N2O3S.ClH/c1-22(20,21)11-13-5-2-4-12(8-13)10-18-16(19)9-14-6-3-7-15(14)17;/h2,4-5,8,14-15H,3,6-7,9-11,17H2,1H3,(H,18,19);1H/t14-,15+;/m0./s1. The van der Waals surface area contributed by atoms with Gasteiger partial charge in [-0.05, 0) is 29.9 Å². The van der Waals surface area contributed by atoms with Gasteiger partial charge in [0.05, 0.1) is 5.75 Å². The monoisotopic (exact) mass is 360 g/mol. The Bertz CT molecular complexity index is 634. The van der Waals surface area contributed by atoms with E-state index in [2.05, 4.69) is 5.32 Å². The number of nitrogens with one attached hydrogen (secondary N) is 1. The van der Waals surface area contributed by atoms with Crippen LogP contribution in [0.25, 0.3) is 0 Å². The third-order valence-electron chi connectivity index (χ3n) is 4.08. The third-order valence-corrected chi connectivity index (χ3v) is 4.93. The Balaban J connectivity index is 0.00000264. The minimum atomic E-state index is -3.05. The molecule has 130 valence electrons. The van der Waals surface area contributed by atoms with Crippen LogP contribution in [0.1, 0.15) is 36.8 Å². The predicted octanol–water partition coefficient (Wildman–Crippen LogP) is 1.79. The van der Waals surface area contributed by atoms with Gasteiger partial charge in [-0.2, -0.15) is 0 Å². The highest BCUT2D eigenvalue weighted by Gasteiger charge is 2.25. The van der Waals surface area contributed by atoms with Gasteiger partial charge in [-0.3, -0.25) is 4.79 Å². The zero-order valence-electron chi connectivity index (χ0n) is 13.3. The molecule has 1 aromatic carbocycles. The van der Waals surface area contributed by atoms with Crippen LogP contribution in [0.15, 0.2) is 24.3 Å². The average molecular weight is 361 g/mol. The van der Waals surface area contributed by atoms with Crippen LogP contribution in [-0.4, -0.2) is 26.6 Å². The van der Waals surface area contributed by atoms with E-state index in [1.54, 1.807) is 6.07 Å². The average Bonchev–Trinajstić information content (AvgIpc) is 2.80. The number of carbonyl (C=O) groups is 1. The number of carbonyl (C=O) groups excluding carboxylic acids is 1. The first-order valence-electron chi connectivity index (χ1n) is 7.61. The molecule has 1 saturated carbocycles. The van der Waals surface area contributed by atoms with Crippen molar-refractivity contribution >= 4 is 28.2 Å². The van der Waals surface area contributed by atoms with Crippen molar-refractivity contribution in [3.8, 4) is 0 Å². The van der Waals surface area contributed by atoms with Gasteiger partial charge in [-0.15, -0.1) is 12.4 Å². The van der Waals surface area contributed by atoms with Gasteiger partial charge in [0, 0.05) is 25.3 Å². The lowest BCUT2D eigenvalue weighted by atomic mass is 10.00. The van der Waals surface area contributed by atoms with Crippen LogP contribution in [0.4, 0.5) is 0 Å². The molecule has 1 aromatic rings. The molecule has 3 N–H and O–H groups in total. The second kappa shape index (κ2) is 8.66. The maximum atomic E-state index is 12.0. The Hall–Kier alpha value is -1.11. The van der Waals surface area contributed by atoms with Gasteiger partial charge < -0.3 is 11.1 Å². The van der Waals surface area contributed by atoms with Crippen molar-refractivity contribution in [1.29, 1.82) is 0 Å². The molecule has 0 heterocycles. The van der Waals surface area contributed by atoms with E-state index in [1.807, 2.05) is 18.2 Å². The quantitative estimate of drug-likeness (QED) is 0.809. The number of rotatable bonds is 6. The topological polar surface area (TPSA) is 89.3 Å². The second-order valence-electron chi connectivity index (χ2n) is 6.23. The third kappa shape index (κ3) is 6.89. The summed E-state index contributed by atoms with van der Waals surface area (Å²) in [6.45, 7) is 0.415. The molecule has 2 atom stereocenters. The molecule has 0 bridgehead atoms. The number of sulfone groups is 1. The number of nitrogens with two attached hydrogens (primary N) is 1. The molecule has 0 radical (unpaired) electrons. The first kappa shape index (κ1) is 19.9. The van der Waals surface area contributed by atoms with E-state index in [4.69, 9.17) is 5.73 Å². The number of halogens is 1. The number of hydrogen-bond donors (Lipinski definition) is 2. The van der Waals surface area contributed by atoms with E-state index < -0.39 is 9.84 Å². The molecule has 1 amide bonds. The van der Waals surface area contributed by atoms with E-state index in [9.17, 15) is 13.2 Å². The van der Waals surface area contributed by atoms with E-state index in [0.717, 1.165) is 30.4 Å². The van der Waals surface area contributed by atoms with Crippen LogP contribution in [-0.2, 0) is 26.9 Å². The number of benzene rings is 1. The summed E-state index contributed by atoms with van der Waals surface area (Å²) < 4.78 is 22.6. The zero-order valence-corrected chi connectivity index (χ0v) is 15.0. The van der Waals surface area contributed by atoms with Gasteiger partial charge in [0.25, 0.3) is 0 Å². The second-order valence-corrected chi connectivity index (χ2v) is 8.37. The Morgan fingerprint density at radius 3 is 2.61 bits per heavy atom. The van der Waals surface area contributed by atoms with Crippen LogP contribution in [0.2, 0.25) is 0 Å². The first-order valence-corrected chi connectivity index (χ1v) is 9.67. The molecular weight excluding hydrogens is 336 g/mol. The van der Waals surface area contributed by atoms with Gasteiger partial charge in [0.15, 0.2) is 9.84 Å². The highest BCUT2D eigenvalue weighted by molar-refractivity contribution is 7.89. The van der Waals surface area contributed by atoms with Crippen molar-refractivity contribution in [3.63, 3.8) is 0 Å². The summed E-state index contributed by atoms with van der Waals surface area (Å²) in [4.78, 5) is 12.0. The van der Waals surface area contributed by atoms with Crippen LogP contribution in [0, 0.1) is 5.92 Å². The molecule has 0 saturated heterocycles. The van der Waals surface area contributed by atoms with Crippen LogP contribution in [0.5, 0.6) is 0 Å². The van der Waals surface area contributed by atoms with E-state index in [0.29, 0.717) is 13.0 Å². The van der Waals surface area contributed by atoms with Crippen LogP contribution < -0.4 is 11.1 Å². The molecule has 7 heteroatoms. The highest BCUT2D eigenvalue weighted by Crippen LogP contribution is 2.26. The number of hydrogen-bond acceptors (Lipinski definition) is 4. The Labute approximate surface area is 144 Å². The zero-order chi connectivity index (χ0) is 16.2. The molecule has 2 rings (SSSR count). The van der Waals surface area contributed by atoms with Crippen molar-refractivity contribution in [2.24, 2.45) is 11.7 Å². The van der Waals surface area contributed by atoms with E-state index >= 15 is 0 Å². The summed E-state index contributed by atoms with van der Waals surface area (Å²) in [6, 6.07) is 7.44. The number of amides is 1. The Kier molecular flexibility index (Phi) is 7.51. The molecule has 1 fully saturated rings. The maximum Gasteiger partial charge on any atom is 0.220 e. The SMILES string of the molecule is CS(=O)(=O)Cc1cccc(CNC(=O)C[C@@H]2CCC[C@H]2N)c1.Cl. The fourth-order valence-corrected chi connectivity index (χ4v) is 3.75. The molecular formula is C16H25ClN2O3S. The normalized spacial score (nSPS) is 20.8. The van der Waals surface area contributed by atoms with Crippen LogP contribution in [0.3, 0.4) is 0 Å². The van der Waals surface area contributed by atoms with Gasteiger partial charge in [0.2, 0.25) is 5.91 Å². The lowest BCUT2D eigenvalue weighted by Crippen LogP contribution is -2.31.